The molecule has 176 valence electrons. The van der Waals surface area contributed by atoms with E-state index in [0.717, 1.165) is 29.0 Å². The van der Waals surface area contributed by atoms with Gasteiger partial charge in [-0.2, -0.15) is 0 Å². The Labute approximate surface area is 205 Å². The minimum Gasteiger partial charge on any atom is -0.508 e. The number of phenols is 2. The van der Waals surface area contributed by atoms with E-state index in [-0.39, 0.29) is 47.0 Å². The van der Waals surface area contributed by atoms with Crippen molar-refractivity contribution in [2.24, 2.45) is 4.99 Å². The normalized spacial score (nSPS) is 15.6. The highest BCUT2D eigenvalue weighted by Crippen LogP contribution is 2.35. The summed E-state index contributed by atoms with van der Waals surface area (Å²) in [6.07, 6.45) is 1.66. The van der Waals surface area contributed by atoms with E-state index in [1.54, 1.807) is 18.2 Å². The average Bonchev–Trinajstić information content (AvgIpc) is 3.42. The first-order valence-corrected chi connectivity index (χ1v) is 11.7. The quantitative estimate of drug-likeness (QED) is 0.402. The zero-order chi connectivity index (χ0) is 24.5. The van der Waals surface area contributed by atoms with Gasteiger partial charge in [-0.3, -0.25) is 14.5 Å². The molecular formula is C26H20N2O6S. The van der Waals surface area contributed by atoms with Crippen molar-refractivity contribution in [3.05, 3.63) is 83.1 Å². The summed E-state index contributed by atoms with van der Waals surface area (Å²) in [4.78, 5) is 32.1. The summed E-state index contributed by atoms with van der Waals surface area (Å²) < 4.78 is 10.8. The second kappa shape index (κ2) is 9.19. The van der Waals surface area contributed by atoms with Crippen LogP contribution in [0.3, 0.4) is 0 Å². The number of carbonyl (C=O) groups is 2. The van der Waals surface area contributed by atoms with Crippen LogP contribution in [-0.2, 0) is 4.79 Å². The van der Waals surface area contributed by atoms with Gasteiger partial charge >= 0.3 is 0 Å². The lowest BCUT2D eigenvalue weighted by Crippen LogP contribution is -2.30. The van der Waals surface area contributed by atoms with E-state index in [0.29, 0.717) is 22.4 Å². The van der Waals surface area contributed by atoms with Crippen LogP contribution >= 0.6 is 11.8 Å². The molecule has 35 heavy (non-hydrogen) atoms. The van der Waals surface area contributed by atoms with Crippen LogP contribution in [0.5, 0.6) is 23.0 Å². The molecule has 2 N–H and O–H groups in total. The van der Waals surface area contributed by atoms with Crippen molar-refractivity contribution in [1.82, 2.24) is 0 Å². The van der Waals surface area contributed by atoms with E-state index >= 15 is 0 Å². The molecular weight excluding hydrogens is 468 g/mol. The van der Waals surface area contributed by atoms with Gasteiger partial charge in [0.2, 0.25) is 6.79 Å². The molecule has 8 nitrogen and oxygen atoms in total. The van der Waals surface area contributed by atoms with Gasteiger partial charge < -0.3 is 19.7 Å². The fraction of sp³-hybridized carbons (Fsp3) is 0.115. The highest BCUT2D eigenvalue weighted by atomic mass is 32.2. The van der Waals surface area contributed by atoms with Crippen molar-refractivity contribution < 1.29 is 29.3 Å². The van der Waals surface area contributed by atoms with Crippen molar-refractivity contribution in [2.45, 2.75) is 6.92 Å². The van der Waals surface area contributed by atoms with Crippen LogP contribution in [0.1, 0.15) is 21.5 Å². The van der Waals surface area contributed by atoms with Gasteiger partial charge in [0.25, 0.3) is 5.91 Å². The SMILES string of the molecule is Cc1ccc(N2C(=O)/C(=C\c3ccc4c(c3)OCO4)N=C2SCC(=O)c2ccc(O)cc2O)cc1. The van der Waals surface area contributed by atoms with Gasteiger partial charge in [0.15, 0.2) is 22.4 Å². The molecule has 0 saturated heterocycles. The smallest absolute Gasteiger partial charge is 0.283 e. The number of Topliss-reactive ketones (excluding diaryl/α,β-unsaturated/α-hetero) is 1. The van der Waals surface area contributed by atoms with E-state index in [9.17, 15) is 19.8 Å². The number of hydrogen-bond acceptors (Lipinski definition) is 8. The first-order chi connectivity index (χ1) is 16.9. The van der Waals surface area contributed by atoms with Gasteiger partial charge in [-0.05, 0) is 55.0 Å². The largest absolute Gasteiger partial charge is 0.508 e. The first-order valence-electron chi connectivity index (χ1n) is 10.7. The monoisotopic (exact) mass is 488 g/mol. The number of ketones is 1. The van der Waals surface area contributed by atoms with E-state index in [4.69, 9.17) is 9.47 Å². The minimum atomic E-state index is -0.361. The molecule has 1 amide bonds. The highest BCUT2D eigenvalue weighted by molar-refractivity contribution is 8.14. The number of aliphatic imine (C=N–C) groups is 1. The van der Waals surface area contributed by atoms with Gasteiger partial charge in [-0.15, -0.1) is 0 Å². The van der Waals surface area contributed by atoms with Crippen LogP contribution in [0.25, 0.3) is 6.08 Å². The topological polar surface area (TPSA) is 109 Å². The molecule has 0 radical (unpaired) electrons. The Bertz CT molecular complexity index is 1400. The Morgan fingerprint density at radius 2 is 1.83 bits per heavy atom. The van der Waals surface area contributed by atoms with E-state index in [1.807, 2.05) is 37.3 Å². The molecule has 0 aromatic heterocycles. The molecule has 0 unspecified atom stereocenters. The number of carbonyl (C=O) groups excluding carboxylic acids is 2. The van der Waals surface area contributed by atoms with Crippen LogP contribution in [-0.4, -0.2) is 39.6 Å². The molecule has 2 aliphatic rings. The Morgan fingerprint density at radius 3 is 2.60 bits per heavy atom. The molecule has 0 atom stereocenters. The number of rotatable bonds is 5. The lowest BCUT2D eigenvalue weighted by molar-refractivity contribution is -0.113. The summed E-state index contributed by atoms with van der Waals surface area (Å²) in [6.45, 7) is 2.10. The first kappa shape index (κ1) is 22.5. The molecule has 0 spiro atoms. The number of aromatic hydroxyl groups is 2. The number of nitrogens with zero attached hydrogens (tertiary/aromatic N) is 2. The fourth-order valence-electron chi connectivity index (χ4n) is 3.64. The van der Waals surface area contributed by atoms with Gasteiger partial charge in [0, 0.05) is 6.07 Å². The second-order valence-corrected chi connectivity index (χ2v) is 8.87. The third kappa shape index (κ3) is 4.58. The second-order valence-electron chi connectivity index (χ2n) is 7.93. The predicted molar refractivity (Wildman–Crippen MR) is 133 cm³/mol. The van der Waals surface area contributed by atoms with Gasteiger partial charge in [0.1, 0.15) is 17.2 Å². The van der Waals surface area contributed by atoms with Crippen molar-refractivity contribution in [1.29, 1.82) is 0 Å². The predicted octanol–water partition coefficient (Wildman–Crippen LogP) is 4.49. The summed E-state index contributed by atoms with van der Waals surface area (Å²) in [7, 11) is 0. The van der Waals surface area contributed by atoms with Crippen molar-refractivity contribution >= 4 is 40.4 Å². The number of anilines is 1. The molecule has 0 saturated carbocycles. The number of ether oxygens (including phenoxy) is 2. The minimum absolute atomic E-state index is 0.0654. The molecule has 2 heterocycles. The number of hydrogen-bond donors (Lipinski definition) is 2. The van der Waals surface area contributed by atoms with Crippen LogP contribution in [0.2, 0.25) is 0 Å². The van der Waals surface area contributed by atoms with Crippen LogP contribution in [0.4, 0.5) is 5.69 Å². The van der Waals surface area contributed by atoms with Crippen molar-refractivity contribution in [3.63, 3.8) is 0 Å². The molecule has 9 heteroatoms. The fourth-order valence-corrected chi connectivity index (χ4v) is 4.54. The maximum absolute atomic E-state index is 13.4. The van der Waals surface area contributed by atoms with Gasteiger partial charge in [-0.1, -0.05) is 35.5 Å². The summed E-state index contributed by atoms with van der Waals surface area (Å²) in [5.41, 5.74) is 2.69. The molecule has 0 bridgehead atoms. The zero-order valence-corrected chi connectivity index (χ0v) is 19.4. The maximum Gasteiger partial charge on any atom is 0.283 e. The summed E-state index contributed by atoms with van der Waals surface area (Å²) in [6, 6.07) is 16.6. The Kier molecular flexibility index (Phi) is 5.92. The molecule has 3 aromatic carbocycles. The number of amides is 1. The van der Waals surface area contributed by atoms with E-state index in [2.05, 4.69) is 4.99 Å². The number of fused-ring (bicyclic) bond motifs is 1. The van der Waals surface area contributed by atoms with E-state index in [1.165, 1.54) is 17.0 Å². The van der Waals surface area contributed by atoms with Crippen LogP contribution in [0, 0.1) is 6.92 Å². The van der Waals surface area contributed by atoms with Crippen molar-refractivity contribution in [2.75, 3.05) is 17.4 Å². The molecule has 2 aliphatic heterocycles. The summed E-state index contributed by atoms with van der Waals surface area (Å²) >= 11 is 1.09. The lowest BCUT2D eigenvalue weighted by Gasteiger charge is -2.18. The molecule has 5 rings (SSSR count). The summed E-state index contributed by atoms with van der Waals surface area (Å²) in [5, 5.41) is 19.8. The number of amidine groups is 1. The molecule has 0 aliphatic carbocycles. The number of thioether (sulfide) groups is 1. The highest BCUT2D eigenvalue weighted by Gasteiger charge is 2.32. The third-order valence-electron chi connectivity index (χ3n) is 5.44. The van der Waals surface area contributed by atoms with Crippen molar-refractivity contribution in [3.8, 4) is 23.0 Å². The van der Waals surface area contributed by atoms with Gasteiger partial charge in [-0.25, -0.2) is 4.99 Å². The Hall–Kier alpha value is -4.24. The third-order valence-corrected chi connectivity index (χ3v) is 6.37. The van der Waals surface area contributed by atoms with Gasteiger partial charge in [0.05, 0.1) is 17.0 Å². The molecule has 0 fully saturated rings. The Balaban J connectivity index is 1.44. The Morgan fingerprint density at radius 1 is 1.06 bits per heavy atom. The van der Waals surface area contributed by atoms with E-state index < -0.39 is 0 Å². The number of benzene rings is 3. The summed E-state index contributed by atoms with van der Waals surface area (Å²) in [5.74, 6) is 0.0400. The zero-order valence-electron chi connectivity index (χ0n) is 18.6. The maximum atomic E-state index is 13.4. The van der Waals surface area contributed by atoms with Crippen LogP contribution in [0.15, 0.2) is 71.4 Å². The average molecular weight is 489 g/mol. The molecule has 3 aromatic rings. The number of phenolic OH excluding ortho intramolecular Hbond substituents is 2. The lowest BCUT2D eigenvalue weighted by atomic mass is 10.1. The van der Waals surface area contributed by atoms with Crippen LogP contribution < -0.4 is 14.4 Å². The standard InChI is InChI=1S/C26H20N2O6S/c1-15-2-5-17(6-3-15)28-25(32)20(10-16-4-9-23-24(11-16)34-14-33-23)27-26(28)35-13-22(31)19-8-7-18(29)12-21(19)30/h2-12,29-30H,13-14H2,1H3/b20-10+. The number of aryl methyl sites for hydroxylation is 1.